The Kier molecular flexibility index (Phi) is 4.05. The lowest BCUT2D eigenvalue weighted by Crippen LogP contribution is -2.52. The summed E-state index contributed by atoms with van der Waals surface area (Å²) in [5.41, 5.74) is -0.352. The number of halogens is 3. The summed E-state index contributed by atoms with van der Waals surface area (Å²) in [6.07, 6.45) is -0.584. The number of piperidine rings is 1. The average Bonchev–Trinajstić information content (AvgIpc) is 3.18. The molecule has 2 aliphatic heterocycles. The Balaban J connectivity index is 1.56. The number of rotatable bonds is 3. The highest BCUT2D eigenvalue weighted by Crippen LogP contribution is 2.42. The van der Waals surface area contributed by atoms with Gasteiger partial charge in [-0.05, 0) is 32.1 Å². The number of amides is 2. The molecule has 0 bridgehead atoms. The van der Waals surface area contributed by atoms with Gasteiger partial charge in [0.25, 0.3) is 0 Å². The van der Waals surface area contributed by atoms with Crippen LogP contribution in [0.4, 0.5) is 13.2 Å². The third-order valence-electron chi connectivity index (χ3n) is 4.65. The van der Waals surface area contributed by atoms with Crippen molar-refractivity contribution in [1.29, 1.82) is 0 Å². The Morgan fingerprint density at radius 1 is 1.30 bits per heavy atom. The van der Waals surface area contributed by atoms with E-state index < -0.39 is 30.5 Å². The van der Waals surface area contributed by atoms with Gasteiger partial charge in [0.1, 0.15) is 12.5 Å². The van der Waals surface area contributed by atoms with E-state index in [0.717, 1.165) is 24.2 Å². The summed E-state index contributed by atoms with van der Waals surface area (Å²) in [5, 5.41) is 10.8. The predicted octanol–water partition coefficient (Wildman–Crippen LogP) is 2.01. The summed E-state index contributed by atoms with van der Waals surface area (Å²) in [6, 6.07) is -0.114. The van der Waals surface area contributed by atoms with Crippen molar-refractivity contribution in [3.8, 4) is 0 Å². The highest BCUT2D eigenvalue weighted by molar-refractivity contribution is 6.00. The smallest absolute Gasteiger partial charge is 0.353 e. The Bertz CT molecular complexity index is 529. The molecule has 23 heavy (non-hydrogen) atoms. The first-order valence-electron chi connectivity index (χ1n) is 7.88. The highest BCUT2D eigenvalue weighted by Gasteiger charge is 2.46. The van der Waals surface area contributed by atoms with Gasteiger partial charge in [0.05, 0.1) is 0 Å². The van der Waals surface area contributed by atoms with Gasteiger partial charge in [-0.3, -0.25) is 9.59 Å². The van der Waals surface area contributed by atoms with E-state index in [2.05, 4.69) is 15.5 Å². The molecule has 0 aromatic carbocycles. The molecule has 2 fully saturated rings. The number of likely N-dealkylation sites (tertiary alicyclic amines) is 1. The number of hydrogen-bond acceptors (Lipinski definition) is 4. The lowest BCUT2D eigenvalue weighted by atomic mass is 9.87. The van der Waals surface area contributed by atoms with Crippen molar-refractivity contribution in [2.24, 2.45) is 16.1 Å². The van der Waals surface area contributed by atoms with E-state index in [9.17, 15) is 22.8 Å². The van der Waals surface area contributed by atoms with E-state index in [0.29, 0.717) is 19.3 Å². The van der Waals surface area contributed by atoms with Crippen LogP contribution in [0.25, 0.3) is 0 Å². The molecule has 2 heterocycles. The maximum absolute atomic E-state index is 12.5. The highest BCUT2D eigenvalue weighted by atomic mass is 19.4. The monoisotopic (exact) mass is 332 g/mol. The second-order valence-corrected chi connectivity index (χ2v) is 6.55. The number of hydrogen-bond donors (Lipinski definition) is 1. The van der Waals surface area contributed by atoms with Gasteiger partial charge in [-0.15, -0.1) is 0 Å². The van der Waals surface area contributed by atoms with Gasteiger partial charge in [-0.2, -0.15) is 23.4 Å². The zero-order chi connectivity index (χ0) is 16.7. The first-order chi connectivity index (χ1) is 10.8. The molecule has 2 atom stereocenters. The first kappa shape index (κ1) is 16.2. The van der Waals surface area contributed by atoms with Gasteiger partial charge >= 0.3 is 6.18 Å². The van der Waals surface area contributed by atoms with Crippen LogP contribution < -0.4 is 5.32 Å². The summed E-state index contributed by atoms with van der Waals surface area (Å²) in [7, 11) is 0. The molecule has 1 N–H and O–H groups in total. The third-order valence-corrected chi connectivity index (χ3v) is 4.65. The molecule has 0 aromatic rings. The second kappa shape index (κ2) is 5.76. The molecule has 1 saturated carbocycles. The van der Waals surface area contributed by atoms with Crippen LogP contribution in [0, 0.1) is 5.92 Å². The lowest BCUT2D eigenvalue weighted by molar-refractivity contribution is -0.168. The van der Waals surface area contributed by atoms with Crippen LogP contribution in [-0.2, 0) is 9.59 Å². The molecular weight excluding hydrogens is 313 g/mol. The third kappa shape index (κ3) is 3.81. The zero-order valence-corrected chi connectivity index (χ0v) is 12.6. The molecular formula is C14H19F3N4O2. The number of nitrogens with zero attached hydrogens (tertiary/aromatic N) is 3. The van der Waals surface area contributed by atoms with Gasteiger partial charge in [0.2, 0.25) is 11.8 Å². The topological polar surface area (TPSA) is 74.1 Å². The Hall–Kier alpha value is -1.67. The van der Waals surface area contributed by atoms with Crippen molar-refractivity contribution in [3.63, 3.8) is 0 Å². The van der Waals surface area contributed by atoms with Gasteiger partial charge in [-0.25, -0.2) is 0 Å². The van der Waals surface area contributed by atoms with Crippen molar-refractivity contribution >= 4 is 11.8 Å². The number of nitrogens with one attached hydrogen (secondary N) is 1. The molecule has 0 radical (unpaired) electrons. The Morgan fingerprint density at radius 3 is 2.70 bits per heavy atom. The van der Waals surface area contributed by atoms with Crippen LogP contribution in [0.2, 0.25) is 0 Å². The molecule has 1 saturated heterocycles. The van der Waals surface area contributed by atoms with E-state index in [-0.39, 0.29) is 18.2 Å². The minimum atomic E-state index is -4.45. The van der Waals surface area contributed by atoms with E-state index in [1.807, 2.05) is 0 Å². The molecule has 3 aliphatic rings. The normalized spacial score (nSPS) is 29.7. The molecule has 2 unspecified atom stereocenters. The summed E-state index contributed by atoms with van der Waals surface area (Å²) >= 11 is 0. The largest absolute Gasteiger partial charge is 0.406 e. The standard InChI is InChI=1S/C14H19F3N4O2/c15-14(16,17)8-21-6-2-4-10(12(21)23)11(22)18-9-3-1-5-13(7-9)19-20-13/h9-10H,1-8H2,(H,18,22). The maximum atomic E-state index is 12.5. The second-order valence-electron chi connectivity index (χ2n) is 6.55. The fourth-order valence-electron chi connectivity index (χ4n) is 3.46. The van der Waals surface area contributed by atoms with Crippen molar-refractivity contribution in [1.82, 2.24) is 10.2 Å². The van der Waals surface area contributed by atoms with Crippen LogP contribution in [0.15, 0.2) is 10.2 Å². The van der Waals surface area contributed by atoms with Gasteiger partial charge < -0.3 is 10.2 Å². The summed E-state index contributed by atoms with van der Waals surface area (Å²) < 4.78 is 37.5. The van der Waals surface area contributed by atoms with Crippen LogP contribution in [0.3, 0.4) is 0 Å². The molecule has 9 heteroatoms. The zero-order valence-electron chi connectivity index (χ0n) is 12.6. The molecule has 0 aromatic heterocycles. The molecule has 6 nitrogen and oxygen atoms in total. The Morgan fingerprint density at radius 2 is 2.04 bits per heavy atom. The molecule has 1 spiro atoms. The molecule has 128 valence electrons. The van der Waals surface area contributed by atoms with E-state index >= 15 is 0 Å². The van der Waals surface area contributed by atoms with Gasteiger partial charge in [0.15, 0.2) is 5.66 Å². The lowest BCUT2D eigenvalue weighted by Gasteiger charge is -2.33. The van der Waals surface area contributed by atoms with Crippen molar-refractivity contribution in [2.75, 3.05) is 13.1 Å². The number of carbonyl (C=O) groups is 2. The van der Waals surface area contributed by atoms with Crippen LogP contribution >= 0.6 is 0 Å². The molecule has 3 rings (SSSR count). The SMILES string of the molecule is O=C(NC1CCCC2(C1)N=N2)C1CCCN(CC(F)(F)F)C1=O. The summed E-state index contributed by atoms with van der Waals surface area (Å²) in [5.74, 6) is -2.21. The van der Waals surface area contributed by atoms with Crippen molar-refractivity contribution in [3.05, 3.63) is 0 Å². The summed E-state index contributed by atoms with van der Waals surface area (Å²) in [4.78, 5) is 25.2. The van der Waals surface area contributed by atoms with Crippen molar-refractivity contribution in [2.45, 2.75) is 56.4 Å². The minimum absolute atomic E-state index is 0.0480. The van der Waals surface area contributed by atoms with E-state index in [1.54, 1.807) is 0 Å². The number of carbonyl (C=O) groups excluding carboxylic acids is 2. The van der Waals surface area contributed by atoms with Crippen LogP contribution in [-0.4, -0.2) is 47.7 Å². The fourth-order valence-corrected chi connectivity index (χ4v) is 3.46. The molecule has 1 aliphatic carbocycles. The van der Waals surface area contributed by atoms with E-state index in [1.165, 1.54) is 0 Å². The minimum Gasteiger partial charge on any atom is -0.353 e. The quantitative estimate of drug-likeness (QED) is 0.803. The predicted molar refractivity (Wildman–Crippen MR) is 73.3 cm³/mol. The van der Waals surface area contributed by atoms with Gasteiger partial charge in [-0.1, -0.05) is 0 Å². The van der Waals surface area contributed by atoms with Crippen molar-refractivity contribution < 1.29 is 22.8 Å². The number of alkyl halides is 3. The Labute approximate surface area is 131 Å². The van der Waals surface area contributed by atoms with E-state index in [4.69, 9.17) is 0 Å². The van der Waals surface area contributed by atoms with Crippen LogP contribution in [0.5, 0.6) is 0 Å². The van der Waals surface area contributed by atoms with Gasteiger partial charge in [0, 0.05) is 19.0 Å². The van der Waals surface area contributed by atoms with Crippen LogP contribution in [0.1, 0.15) is 38.5 Å². The maximum Gasteiger partial charge on any atom is 0.406 e. The fraction of sp³-hybridized carbons (Fsp3) is 0.857. The summed E-state index contributed by atoms with van der Waals surface area (Å²) in [6.45, 7) is -1.24. The first-order valence-corrected chi connectivity index (χ1v) is 7.88. The average molecular weight is 332 g/mol. The molecule has 2 amide bonds.